The molecular formula is C26H20FeN2P+2. The Balaban J connectivity index is 0.000000851. The Morgan fingerprint density at radius 1 is 0.367 bits per heavy atom. The van der Waals surface area contributed by atoms with Gasteiger partial charge in [-0.3, -0.25) is 0 Å². The van der Waals surface area contributed by atoms with Crippen molar-refractivity contribution in [2.75, 3.05) is 0 Å². The number of nitrogens with zero attached hydrogens (tertiary/aromatic N) is 2. The fourth-order valence-corrected chi connectivity index (χ4v) is 7.77. The van der Waals surface area contributed by atoms with Crippen LogP contribution < -0.4 is 21.2 Å². The van der Waals surface area contributed by atoms with Gasteiger partial charge in [-0.2, -0.15) is 0 Å². The molecule has 4 rings (SSSR count). The first-order chi connectivity index (χ1) is 14.4. The molecule has 0 saturated carbocycles. The fraction of sp³-hybridized carbons (Fsp3) is 0. The predicted molar refractivity (Wildman–Crippen MR) is 121 cm³/mol. The molecule has 4 heteroatoms. The van der Waals surface area contributed by atoms with Crippen molar-refractivity contribution in [1.29, 1.82) is 10.5 Å². The van der Waals surface area contributed by atoms with E-state index in [0.29, 0.717) is 0 Å². The van der Waals surface area contributed by atoms with Crippen LogP contribution in [0, 0.1) is 23.7 Å². The molecule has 0 saturated heterocycles. The number of benzene rings is 4. The topological polar surface area (TPSA) is 47.6 Å². The summed E-state index contributed by atoms with van der Waals surface area (Å²) in [7, 11) is -1.91. The molecule has 0 fully saturated rings. The van der Waals surface area contributed by atoms with Crippen LogP contribution in [0.2, 0.25) is 0 Å². The van der Waals surface area contributed by atoms with E-state index in [1.165, 1.54) is 21.2 Å². The third kappa shape index (κ3) is 5.04. The molecule has 0 heterocycles. The SMILES string of the molecule is [C-]#N.[C-]#N.[Fe+3].c1ccc([P+](c2ccccc2)(c2ccccc2)c2ccccc2)cc1. The van der Waals surface area contributed by atoms with E-state index in [-0.39, 0.29) is 17.1 Å². The molecule has 0 aliphatic carbocycles. The van der Waals surface area contributed by atoms with Gasteiger partial charge < -0.3 is 23.7 Å². The van der Waals surface area contributed by atoms with E-state index in [1.807, 2.05) is 0 Å². The molecule has 2 nitrogen and oxygen atoms in total. The van der Waals surface area contributed by atoms with E-state index in [4.69, 9.17) is 23.7 Å². The zero-order chi connectivity index (χ0) is 21.0. The van der Waals surface area contributed by atoms with Gasteiger partial charge in [-0.05, 0) is 48.5 Å². The van der Waals surface area contributed by atoms with Gasteiger partial charge in [0.2, 0.25) is 0 Å². The van der Waals surface area contributed by atoms with E-state index in [2.05, 4.69) is 121 Å². The molecule has 145 valence electrons. The van der Waals surface area contributed by atoms with Crippen molar-refractivity contribution in [3.63, 3.8) is 0 Å². The maximum atomic E-state index is 6.25. The first kappa shape index (κ1) is 24.8. The van der Waals surface area contributed by atoms with E-state index in [9.17, 15) is 0 Å². The summed E-state index contributed by atoms with van der Waals surface area (Å²) in [4.78, 5) is 0. The standard InChI is InChI=1S/C24H20P.2CN.Fe/c1-5-13-21(14-6-1)25(22-15-7-2-8-16-22,23-17-9-3-10-18-23)24-19-11-4-12-20-24;2*1-2;/h1-20H;;;/q+1;2*-1;+3. The maximum Gasteiger partial charge on any atom is 3.00 e. The normalized spacial score (nSPS) is 9.47. The van der Waals surface area contributed by atoms with E-state index < -0.39 is 7.26 Å². The third-order valence-electron chi connectivity index (χ3n) is 4.57. The minimum atomic E-state index is -1.91. The molecule has 0 aliphatic rings. The summed E-state index contributed by atoms with van der Waals surface area (Å²) in [6.07, 6.45) is 0. The van der Waals surface area contributed by atoms with Crippen LogP contribution in [0.3, 0.4) is 0 Å². The molecule has 4 aromatic rings. The minimum Gasteiger partial charge on any atom is -0.512 e. The summed E-state index contributed by atoms with van der Waals surface area (Å²) >= 11 is 0. The van der Waals surface area contributed by atoms with Gasteiger partial charge in [0.1, 0.15) is 28.5 Å². The molecule has 0 amide bonds. The smallest absolute Gasteiger partial charge is 0.512 e. The van der Waals surface area contributed by atoms with E-state index >= 15 is 0 Å². The minimum absolute atomic E-state index is 0. The molecular weight excluding hydrogens is 427 g/mol. The summed E-state index contributed by atoms with van der Waals surface area (Å²) in [5.74, 6) is 0. The quantitative estimate of drug-likeness (QED) is 0.263. The van der Waals surface area contributed by atoms with Crippen molar-refractivity contribution in [1.82, 2.24) is 0 Å². The molecule has 0 aromatic heterocycles. The van der Waals surface area contributed by atoms with Gasteiger partial charge in [-0.15, -0.1) is 0 Å². The average molecular weight is 447 g/mol. The molecule has 0 atom stereocenters. The monoisotopic (exact) mass is 447 g/mol. The molecule has 0 aliphatic heterocycles. The van der Waals surface area contributed by atoms with Gasteiger partial charge in [0.15, 0.2) is 0 Å². The van der Waals surface area contributed by atoms with Crippen LogP contribution in [0.5, 0.6) is 0 Å². The Hall–Kier alpha value is -3.19. The van der Waals surface area contributed by atoms with Gasteiger partial charge in [0.25, 0.3) is 0 Å². The van der Waals surface area contributed by atoms with Crippen LogP contribution in [0.4, 0.5) is 0 Å². The van der Waals surface area contributed by atoms with Crippen molar-refractivity contribution in [3.8, 4) is 0 Å². The second-order valence-corrected chi connectivity index (χ2v) is 9.42. The van der Waals surface area contributed by atoms with Crippen LogP contribution in [0.15, 0.2) is 121 Å². The Bertz CT molecular complexity index is 849. The van der Waals surface area contributed by atoms with Crippen molar-refractivity contribution < 1.29 is 17.1 Å². The summed E-state index contributed by atoms with van der Waals surface area (Å²) in [6.45, 7) is 9.50. The molecule has 30 heavy (non-hydrogen) atoms. The third-order valence-corrected chi connectivity index (χ3v) is 8.86. The van der Waals surface area contributed by atoms with Crippen LogP contribution >= 0.6 is 7.26 Å². The molecule has 0 unspecified atom stereocenters. The molecule has 4 aromatic carbocycles. The van der Waals surface area contributed by atoms with Crippen LogP contribution in [-0.4, -0.2) is 0 Å². The Morgan fingerprint density at radius 2 is 0.533 bits per heavy atom. The van der Waals surface area contributed by atoms with Crippen molar-refractivity contribution in [2.24, 2.45) is 0 Å². The molecule has 0 bridgehead atoms. The average Bonchev–Trinajstić information content (AvgIpc) is 2.85. The van der Waals surface area contributed by atoms with Gasteiger partial charge in [0.05, 0.1) is 0 Å². The number of rotatable bonds is 4. The summed E-state index contributed by atoms with van der Waals surface area (Å²) in [5, 5.41) is 18.1. The first-order valence-corrected chi connectivity index (χ1v) is 10.8. The van der Waals surface area contributed by atoms with Gasteiger partial charge in [0, 0.05) is 0 Å². The summed E-state index contributed by atoms with van der Waals surface area (Å²) < 4.78 is 0. The summed E-state index contributed by atoms with van der Waals surface area (Å²) in [5.41, 5.74) is 0. The predicted octanol–water partition coefficient (Wildman–Crippen LogP) is 4.50. The maximum absolute atomic E-state index is 6.25. The number of hydrogen-bond donors (Lipinski definition) is 0. The van der Waals surface area contributed by atoms with Crippen molar-refractivity contribution in [2.45, 2.75) is 0 Å². The van der Waals surface area contributed by atoms with E-state index in [1.54, 1.807) is 0 Å². The van der Waals surface area contributed by atoms with Crippen molar-refractivity contribution in [3.05, 3.63) is 134 Å². The van der Waals surface area contributed by atoms with Gasteiger partial charge in [-0.1, -0.05) is 72.8 Å². The zero-order valence-electron chi connectivity index (χ0n) is 16.2. The van der Waals surface area contributed by atoms with E-state index in [0.717, 1.165) is 0 Å². The van der Waals surface area contributed by atoms with Crippen molar-refractivity contribution >= 4 is 28.5 Å². The zero-order valence-corrected chi connectivity index (χ0v) is 18.2. The Morgan fingerprint density at radius 3 is 0.700 bits per heavy atom. The van der Waals surface area contributed by atoms with Crippen LogP contribution in [0.25, 0.3) is 0 Å². The Labute approximate surface area is 190 Å². The van der Waals surface area contributed by atoms with Crippen LogP contribution in [-0.2, 0) is 17.1 Å². The number of hydrogen-bond acceptors (Lipinski definition) is 2. The summed E-state index contributed by atoms with van der Waals surface area (Å²) in [6, 6.07) is 43.8. The van der Waals surface area contributed by atoms with Crippen LogP contribution in [0.1, 0.15) is 0 Å². The first-order valence-electron chi connectivity index (χ1n) is 8.98. The van der Waals surface area contributed by atoms with Gasteiger partial charge >= 0.3 is 17.1 Å². The second-order valence-electron chi connectivity index (χ2n) is 6.01. The molecule has 1 radical (unpaired) electrons. The molecule has 0 N–H and O–H groups in total. The fourth-order valence-electron chi connectivity index (χ4n) is 3.50. The second kappa shape index (κ2) is 13.1. The largest absolute Gasteiger partial charge is 3.00 e. The Kier molecular flexibility index (Phi) is 10.9. The van der Waals surface area contributed by atoms with Gasteiger partial charge in [-0.25, -0.2) is 0 Å². The molecule has 0 spiro atoms.